The minimum atomic E-state index is -0.618. The number of hydrogen-bond acceptors (Lipinski definition) is 2. The summed E-state index contributed by atoms with van der Waals surface area (Å²) in [5.74, 6) is -1.14. The summed E-state index contributed by atoms with van der Waals surface area (Å²) in [6.07, 6.45) is 0.903. The third-order valence-electron chi connectivity index (χ3n) is 2.54. The van der Waals surface area contributed by atoms with Crippen LogP contribution in [0.25, 0.3) is 0 Å². The van der Waals surface area contributed by atoms with Gasteiger partial charge in [-0.25, -0.2) is 8.78 Å². The Labute approximate surface area is 111 Å². The molecule has 0 fully saturated rings. The van der Waals surface area contributed by atoms with E-state index in [-0.39, 0.29) is 16.6 Å². The lowest BCUT2D eigenvalue weighted by Crippen LogP contribution is -2.27. The fourth-order valence-electron chi connectivity index (χ4n) is 1.62. The SMILES string of the molecule is CCCNC(COCC)c1cc(F)c(Cl)cc1F. The summed E-state index contributed by atoms with van der Waals surface area (Å²) in [5, 5.41) is 2.93. The molecule has 1 unspecified atom stereocenters. The first-order chi connectivity index (χ1) is 8.60. The minimum Gasteiger partial charge on any atom is -0.380 e. The molecule has 0 bridgehead atoms. The van der Waals surface area contributed by atoms with Gasteiger partial charge >= 0.3 is 0 Å². The minimum absolute atomic E-state index is 0.207. The van der Waals surface area contributed by atoms with E-state index in [1.807, 2.05) is 13.8 Å². The van der Waals surface area contributed by atoms with Crippen LogP contribution in [0.1, 0.15) is 31.9 Å². The highest BCUT2D eigenvalue weighted by atomic mass is 35.5. The Balaban J connectivity index is 2.92. The van der Waals surface area contributed by atoms with Gasteiger partial charge in [0, 0.05) is 12.2 Å². The normalized spacial score (nSPS) is 12.7. The lowest BCUT2D eigenvalue weighted by Gasteiger charge is -2.19. The van der Waals surface area contributed by atoms with Gasteiger partial charge in [0.2, 0.25) is 0 Å². The molecule has 1 rings (SSSR count). The van der Waals surface area contributed by atoms with E-state index in [2.05, 4.69) is 5.32 Å². The molecule has 0 saturated carbocycles. The fraction of sp³-hybridized carbons (Fsp3) is 0.538. The summed E-state index contributed by atoms with van der Waals surface area (Å²) >= 11 is 5.53. The molecule has 1 N–H and O–H groups in total. The maximum atomic E-state index is 13.8. The number of halogens is 3. The average Bonchev–Trinajstić information content (AvgIpc) is 2.35. The molecule has 1 aromatic rings. The zero-order chi connectivity index (χ0) is 13.5. The largest absolute Gasteiger partial charge is 0.380 e. The van der Waals surface area contributed by atoms with Crippen molar-refractivity contribution in [3.8, 4) is 0 Å². The molecule has 0 heterocycles. The highest BCUT2D eigenvalue weighted by molar-refractivity contribution is 6.30. The van der Waals surface area contributed by atoms with Gasteiger partial charge in [0.05, 0.1) is 17.7 Å². The number of ether oxygens (including phenoxy) is 1. The summed E-state index contributed by atoms with van der Waals surface area (Å²) in [6, 6.07) is 1.76. The molecule has 1 aromatic carbocycles. The van der Waals surface area contributed by atoms with E-state index in [9.17, 15) is 8.78 Å². The van der Waals surface area contributed by atoms with Gasteiger partial charge in [-0.1, -0.05) is 18.5 Å². The first-order valence-electron chi connectivity index (χ1n) is 6.05. The maximum Gasteiger partial charge on any atom is 0.142 e. The van der Waals surface area contributed by atoms with Crippen molar-refractivity contribution in [2.45, 2.75) is 26.3 Å². The van der Waals surface area contributed by atoms with Gasteiger partial charge in [-0.2, -0.15) is 0 Å². The number of rotatable bonds is 7. The van der Waals surface area contributed by atoms with Crippen LogP contribution in [-0.2, 0) is 4.74 Å². The third-order valence-corrected chi connectivity index (χ3v) is 2.83. The maximum absolute atomic E-state index is 13.8. The standard InChI is InChI=1S/C13H18ClF2NO/c1-3-5-17-13(8-18-4-2)9-6-12(16)10(14)7-11(9)15/h6-7,13,17H,3-5,8H2,1-2H3. The van der Waals surface area contributed by atoms with Crippen LogP contribution in [0.3, 0.4) is 0 Å². The molecule has 0 saturated heterocycles. The number of nitrogens with one attached hydrogen (secondary N) is 1. The van der Waals surface area contributed by atoms with Crippen LogP contribution in [0.15, 0.2) is 12.1 Å². The summed E-state index contributed by atoms with van der Waals surface area (Å²) in [5.41, 5.74) is 0.249. The second-order valence-electron chi connectivity index (χ2n) is 3.95. The topological polar surface area (TPSA) is 21.3 Å². The zero-order valence-electron chi connectivity index (χ0n) is 10.6. The van der Waals surface area contributed by atoms with E-state index in [0.29, 0.717) is 19.8 Å². The molecule has 1 atom stereocenters. The molecule has 5 heteroatoms. The Kier molecular flexibility index (Phi) is 6.54. The Bertz CT molecular complexity index is 379. The molecule has 102 valence electrons. The second kappa shape index (κ2) is 7.67. The van der Waals surface area contributed by atoms with Crippen molar-refractivity contribution in [3.05, 3.63) is 34.4 Å². The number of benzene rings is 1. The summed E-state index contributed by atoms with van der Waals surface area (Å²) in [7, 11) is 0. The van der Waals surface area contributed by atoms with Crippen molar-refractivity contribution >= 4 is 11.6 Å². The lowest BCUT2D eigenvalue weighted by atomic mass is 10.1. The summed E-state index contributed by atoms with van der Waals surface area (Å²) in [4.78, 5) is 0. The Hall–Kier alpha value is -0.710. The third kappa shape index (κ3) is 4.19. The van der Waals surface area contributed by atoms with Crippen molar-refractivity contribution in [1.82, 2.24) is 5.32 Å². The molecule has 0 aliphatic heterocycles. The first-order valence-corrected chi connectivity index (χ1v) is 6.43. The first kappa shape index (κ1) is 15.3. The van der Waals surface area contributed by atoms with Crippen molar-refractivity contribution in [1.29, 1.82) is 0 Å². The molecular formula is C13H18ClF2NO. The number of hydrogen-bond donors (Lipinski definition) is 1. The Morgan fingerprint density at radius 3 is 2.61 bits per heavy atom. The molecule has 0 aliphatic rings. The highest BCUT2D eigenvalue weighted by Crippen LogP contribution is 2.24. The molecule has 0 amide bonds. The molecule has 0 aliphatic carbocycles. The van der Waals surface area contributed by atoms with Crippen molar-refractivity contribution in [2.75, 3.05) is 19.8 Å². The monoisotopic (exact) mass is 277 g/mol. The molecular weight excluding hydrogens is 260 g/mol. The van der Waals surface area contributed by atoms with E-state index >= 15 is 0 Å². The van der Waals surface area contributed by atoms with E-state index in [1.165, 1.54) is 0 Å². The van der Waals surface area contributed by atoms with E-state index in [1.54, 1.807) is 0 Å². The molecule has 18 heavy (non-hydrogen) atoms. The average molecular weight is 278 g/mol. The van der Waals surface area contributed by atoms with Gasteiger partial charge in [-0.15, -0.1) is 0 Å². The van der Waals surface area contributed by atoms with E-state index in [4.69, 9.17) is 16.3 Å². The van der Waals surface area contributed by atoms with Crippen LogP contribution in [-0.4, -0.2) is 19.8 Å². The lowest BCUT2D eigenvalue weighted by molar-refractivity contribution is 0.122. The summed E-state index contributed by atoms with van der Waals surface area (Å²) < 4.78 is 32.5. The molecule has 0 radical (unpaired) electrons. The predicted molar refractivity (Wildman–Crippen MR) is 68.9 cm³/mol. The van der Waals surface area contributed by atoms with Crippen LogP contribution < -0.4 is 5.32 Å². The van der Waals surface area contributed by atoms with Crippen molar-refractivity contribution < 1.29 is 13.5 Å². The Morgan fingerprint density at radius 1 is 1.28 bits per heavy atom. The van der Waals surface area contributed by atoms with Crippen LogP contribution in [0.5, 0.6) is 0 Å². The predicted octanol–water partition coefficient (Wildman–Crippen LogP) is 3.70. The van der Waals surface area contributed by atoms with Crippen LogP contribution in [0.2, 0.25) is 5.02 Å². The van der Waals surface area contributed by atoms with Gasteiger partial charge in [0.15, 0.2) is 0 Å². The van der Waals surface area contributed by atoms with E-state index in [0.717, 1.165) is 18.6 Å². The van der Waals surface area contributed by atoms with Crippen LogP contribution in [0, 0.1) is 11.6 Å². The van der Waals surface area contributed by atoms with Gasteiger partial charge < -0.3 is 10.1 Å². The smallest absolute Gasteiger partial charge is 0.142 e. The van der Waals surface area contributed by atoms with Crippen molar-refractivity contribution in [2.24, 2.45) is 0 Å². The van der Waals surface area contributed by atoms with Gasteiger partial charge in [0.1, 0.15) is 11.6 Å². The second-order valence-corrected chi connectivity index (χ2v) is 4.36. The molecule has 2 nitrogen and oxygen atoms in total. The van der Waals surface area contributed by atoms with Gasteiger partial charge in [0.25, 0.3) is 0 Å². The molecule has 0 spiro atoms. The Morgan fingerprint density at radius 2 is 2.00 bits per heavy atom. The van der Waals surface area contributed by atoms with Crippen molar-refractivity contribution in [3.63, 3.8) is 0 Å². The van der Waals surface area contributed by atoms with Crippen LogP contribution in [0.4, 0.5) is 8.78 Å². The quantitative estimate of drug-likeness (QED) is 0.768. The summed E-state index contributed by atoms with van der Waals surface area (Å²) in [6.45, 7) is 5.40. The van der Waals surface area contributed by atoms with Crippen LogP contribution >= 0.6 is 11.6 Å². The van der Waals surface area contributed by atoms with Gasteiger partial charge in [-0.3, -0.25) is 0 Å². The van der Waals surface area contributed by atoms with E-state index < -0.39 is 11.6 Å². The fourth-order valence-corrected chi connectivity index (χ4v) is 1.77. The molecule has 0 aromatic heterocycles. The van der Waals surface area contributed by atoms with Gasteiger partial charge in [-0.05, 0) is 32.0 Å². The zero-order valence-corrected chi connectivity index (χ0v) is 11.4. The highest BCUT2D eigenvalue weighted by Gasteiger charge is 2.18.